The molecule has 0 spiro atoms. The number of hydrogen-bond donors (Lipinski definition) is 1. The lowest BCUT2D eigenvalue weighted by molar-refractivity contribution is 0.368. The van der Waals surface area contributed by atoms with Gasteiger partial charge in [0.05, 0.1) is 5.84 Å². The fourth-order valence-corrected chi connectivity index (χ4v) is 3.57. The first-order valence-electron chi connectivity index (χ1n) is 5.96. The number of rotatable bonds is 1. The lowest BCUT2D eigenvalue weighted by Gasteiger charge is -2.34. The molecule has 1 aliphatic carbocycles. The van der Waals surface area contributed by atoms with Crippen LogP contribution in [0.5, 0.6) is 0 Å². The van der Waals surface area contributed by atoms with Crippen LogP contribution in [0.3, 0.4) is 0 Å². The van der Waals surface area contributed by atoms with Crippen molar-refractivity contribution in [3.63, 3.8) is 0 Å². The second kappa shape index (κ2) is 5.10. The highest BCUT2D eigenvalue weighted by Gasteiger charge is 2.24. The molecular weight excluding hydrogens is 208 g/mol. The van der Waals surface area contributed by atoms with Crippen LogP contribution in [0.1, 0.15) is 32.1 Å². The van der Waals surface area contributed by atoms with Crippen LogP contribution in [0, 0.1) is 11.3 Å². The van der Waals surface area contributed by atoms with Crippen LogP contribution in [0.2, 0.25) is 0 Å². The molecule has 3 nitrogen and oxygen atoms in total. The van der Waals surface area contributed by atoms with E-state index in [0.717, 1.165) is 30.4 Å². The van der Waals surface area contributed by atoms with Crippen molar-refractivity contribution in [1.82, 2.24) is 4.90 Å². The van der Waals surface area contributed by atoms with E-state index in [1.807, 2.05) is 0 Å². The van der Waals surface area contributed by atoms with Gasteiger partial charge >= 0.3 is 0 Å². The average molecular weight is 228 g/mol. The lowest BCUT2D eigenvalue weighted by Crippen LogP contribution is -2.44. The molecular formula is C11H20N2OS. The third-order valence-electron chi connectivity index (χ3n) is 3.51. The Balaban J connectivity index is 1.86. The van der Waals surface area contributed by atoms with Crippen molar-refractivity contribution in [3.8, 4) is 0 Å². The Bertz CT molecular complexity index is 251. The predicted molar refractivity (Wildman–Crippen MR) is 63.8 cm³/mol. The van der Waals surface area contributed by atoms with Gasteiger partial charge in [0.25, 0.3) is 0 Å². The fourth-order valence-electron chi connectivity index (χ4n) is 2.51. The summed E-state index contributed by atoms with van der Waals surface area (Å²) >= 11 is 0. The van der Waals surface area contributed by atoms with Crippen molar-refractivity contribution in [3.05, 3.63) is 0 Å². The van der Waals surface area contributed by atoms with Crippen molar-refractivity contribution >= 4 is 16.6 Å². The molecule has 0 aromatic rings. The highest BCUT2D eigenvalue weighted by Crippen LogP contribution is 2.25. The molecule has 86 valence electrons. The van der Waals surface area contributed by atoms with Gasteiger partial charge in [-0.25, -0.2) is 0 Å². The highest BCUT2D eigenvalue weighted by atomic mass is 32.2. The minimum Gasteiger partial charge on any atom is -0.358 e. The molecule has 1 N–H and O–H groups in total. The number of nitrogens with zero attached hydrogens (tertiary/aromatic N) is 1. The van der Waals surface area contributed by atoms with Gasteiger partial charge in [-0.2, -0.15) is 0 Å². The van der Waals surface area contributed by atoms with Crippen molar-refractivity contribution in [2.45, 2.75) is 32.1 Å². The average Bonchev–Trinajstić information content (AvgIpc) is 2.30. The van der Waals surface area contributed by atoms with Crippen LogP contribution in [-0.4, -0.2) is 39.5 Å². The van der Waals surface area contributed by atoms with Crippen LogP contribution in [0.4, 0.5) is 0 Å². The smallest absolute Gasteiger partial charge is 0.0990 e. The molecule has 0 atom stereocenters. The van der Waals surface area contributed by atoms with Crippen molar-refractivity contribution < 1.29 is 4.21 Å². The zero-order valence-corrected chi connectivity index (χ0v) is 10.0. The number of amidine groups is 1. The monoisotopic (exact) mass is 228 g/mol. The summed E-state index contributed by atoms with van der Waals surface area (Å²) in [4.78, 5) is 2.15. The van der Waals surface area contributed by atoms with E-state index in [2.05, 4.69) is 4.90 Å². The second-order valence-corrected chi connectivity index (χ2v) is 6.25. The fraction of sp³-hybridized carbons (Fsp3) is 0.909. The van der Waals surface area contributed by atoms with Gasteiger partial charge in [-0.1, -0.05) is 19.3 Å². The van der Waals surface area contributed by atoms with E-state index < -0.39 is 10.8 Å². The zero-order chi connectivity index (χ0) is 10.7. The maximum Gasteiger partial charge on any atom is 0.0990 e. The molecule has 0 aromatic heterocycles. The summed E-state index contributed by atoms with van der Waals surface area (Å²) in [5.41, 5.74) is 0. The molecule has 2 rings (SSSR count). The summed E-state index contributed by atoms with van der Waals surface area (Å²) in [6, 6.07) is 0. The molecule has 0 unspecified atom stereocenters. The minimum atomic E-state index is -0.621. The third kappa shape index (κ3) is 2.80. The molecule has 1 saturated carbocycles. The van der Waals surface area contributed by atoms with Gasteiger partial charge < -0.3 is 4.90 Å². The first-order valence-corrected chi connectivity index (χ1v) is 7.44. The second-order valence-electron chi connectivity index (χ2n) is 4.56. The molecule has 2 aliphatic rings. The van der Waals surface area contributed by atoms with E-state index in [-0.39, 0.29) is 0 Å². The first-order chi connectivity index (χ1) is 7.27. The minimum absolute atomic E-state index is 0.491. The molecule has 1 heterocycles. The Morgan fingerprint density at radius 2 is 1.73 bits per heavy atom. The molecule has 4 heteroatoms. The Morgan fingerprint density at radius 1 is 1.13 bits per heavy atom. The van der Waals surface area contributed by atoms with E-state index in [9.17, 15) is 4.21 Å². The summed E-state index contributed by atoms with van der Waals surface area (Å²) in [6.45, 7) is 1.67. The standard InChI is InChI=1S/C11H20N2OS/c12-11(10-4-2-1-3-5-10)13-6-8-15(14)9-7-13/h10,12H,1-9H2. The summed E-state index contributed by atoms with van der Waals surface area (Å²) in [6.07, 6.45) is 6.30. The van der Waals surface area contributed by atoms with Crippen molar-refractivity contribution in [2.24, 2.45) is 5.92 Å². The molecule has 0 aromatic carbocycles. The van der Waals surface area contributed by atoms with E-state index in [0.29, 0.717) is 5.92 Å². The van der Waals surface area contributed by atoms with Crippen LogP contribution in [-0.2, 0) is 10.8 Å². The van der Waals surface area contributed by atoms with Crippen LogP contribution < -0.4 is 0 Å². The first kappa shape index (κ1) is 11.1. The topological polar surface area (TPSA) is 44.2 Å². The van der Waals surface area contributed by atoms with Gasteiger partial charge in [0.2, 0.25) is 0 Å². The van der Waals surface area contributed by atoms with Crippen LogP contribution >= 0.6 is 0 Å². The highest BCUT2D eigenvalue weighted by molar-refractivity contribution is 7.85. The van der Waals surface area contributed by atoms with Gasteiger partial charge in [0, 0.05) is 41.3 Å². The molecule has 1 aliphatic heterocycles. The van der Waals surface area contributed by atoms with Gasteiger partial charge in [0.1, 0.15) is 0 Å². The Kier molecular flexibility index (Phi) is 3.78. The maximum absolute atomic E-state index is 11.2. The zero-order valence-electron chi connectivity index (χ0n) is 9.21. The quantitative estimate of drug-likeness (QED) is 0.547. The molecule has 15 heavy (non-hydrogen) atoms. The molecule has 0 radical (unpaired) electrons. The SMILES string of the molecule is N=C(C1CCCCC1)N1CCS(=O)CC1. The maximum atomic E-state index is 11.2. The summed E-state index contributed by atoms with van der Waals surface area (Å²) in [5, 5.41) is 8.17. The molecule has 0 bridgehead atoms. The van der Waals surface area contributed by atoms with Crippen LogP contribution in [0.15, 0.2) is 0 Å². The van der Waals surface area contributed by atoms with Gasteiger partial charge in [0.15, 0.2) is 0 Å². The van der Waals surface area contributed by atoms with Crippen molar-refractivity contribution in [2.75, 3.05) is 24.6 Å². The van der Waals surface area contributed by atoms with E-state index in [4.69, 9.17) is 5.41 Å². The van der Waals surface area contributed by atoms with Crippen LogP contribution in [0.25, 0.3) is 0 Å². The number of hydrogen-bond acceptors (Lipinski definition) is 2. The Hall–Kier alpha value is -0.380. The van der Waals surface area contributed by atoms with Gasteiger partial charge in [-0.05, 0) is 12.8 Å². The molecule has 0 amide bonds. The molecule has 1 saturated heterocycles. The lowest BCUT2D eigenvalue weighted by atomic mass is 9.88. The normalized spacial score (nSPS) is 25.5. The van der Waals surface area contributed by atoms with Gasteiger partial charge in [-0.15, -0.1) is 0 Å². The summed E-state index contributed by atoms with van der Waals surface area (Å²) in [5.74, 6) is 2.83. The van der Waals surface area contributed by atoms with E-state index in [1.165, 1.54) is 32.1 Å². The Labute approximate surface area is 94.2 Å². The third-order valence-corrected chi connectivity index (χ3v) is 4.79. The molecule has 2 fully saturated rings. The summed E-state index contributed by atoms with van der Waals surface area (Å²) in [7, 11) is -0.621. The number of nitrogens with one attached hydrogen (secondary N) is 1. The largest absolute Gasteiger partial charge is 0.358 e. The van der Waals surface area contributed by atoms with E-state index in [1.54, 1.807) is 0 Å². The van der Waals surface area contributed by atoms with Crippen molar-refractivity contribution in [1.29, 1.82) is 5.41 Å². The predicted octanol–water partition coefficient (Wildman–Crippen LogP) is 1.61. The van der Waals surface area contributed by atoms with E-state index >= 15 is 0 Å². The van der Waals surface area contributed by atoms with Gasteiger partial charge in [-0.3, -0.25) is 9.62 Å². The Morgan fingerprint density at radius 3 is 2.33 bits per heavy atom. The summed E-state index contributed by atoms with van der Waals surface area (Å²) < 4.78 is 11.2.